The molecule has 0 aromatic carbocycles. The number of hydrogen-bond donors (Lipinski definition) is 3. The fraction of sp³-hybridized carbons (Fsp3) is 0.714. The largest absolute Gasteiger partial charge is 0.378 e. The molecule has 0 radical (unpaired) electrons. The standard InChI is InChI=1S/C21H31ClFN7O4/c22-21-24-18(17(23)19(25-21)29-6-5-28-7-8-34-12-16(28)11-29)26-27-20(32)15(10-30(33)13-31)9-14-3-1-2-4-14/h13-16,33H,1-12H2,(H,27,32)(H,24,25,26)/t15-,16-/m0/s1. The van der Waals surface area contributed by atoms with Crippen LogP contribution in [0.1, 0.15) is 32.1 Å². The Hall–Kier alpha value is -2.28. The summed E-state index contributed by atoms with van der Waals surface area (Å²) in [5.74, 6) is -1.70. The molecule has 2 aliphatic heterocycles. The number of carbonyl (C=O) groups excluding carboxylic acids is 2. The number of hydrogen-bond acceptors (Lipinski definition) is 9. The molecule has 1 aliphatic carbocycles. The highest BCUT2D eigenvalue weighted by Crippen LogP contribution is 2.31. The van der Waals surface area contributed by atoms with Gasteiger partial charge in [0.15, 0.2) is 11.6 Å². The van der Waals surface area contributed by atoms with Gasteiger partial charge in [-0.25, -0.2) is 5.06 Å². The number of ether oxygens (including phenoxy) is 1. The Balaban J connectivity index is 1.42. The number of carbonyl (C=O) groups is 2. The molecule has 188 valence electrons. The lowest BCUT2D eigenvalue weighted by atomic mass is 9.92. The Morgan fingerprint density at radius 3 is 2.88 bits per heavy atom. The van der Waals surface area contributed by atoms with Crippen LogP contribution in [0.3, 0.4) is 0 Å². The van der Waals surface area contributed by atoms with Crippen LogP contribution in [0.2, 0.25) is 5.28 Å². The molecule has 34 heavy (non-hydrogen) atoms. The lowest BCUT2D eigenvalue weighted by Gasteiger charge is -2.44. The summed E-state index contributed by atoms with van der Waals surface area (Å²) in [5, 5.41) is 9.93. The summed E-state index contributed by atoms with van der Waals surface area (Å²) in [4.78, 5) is 35.8. The van der Waals surface area contributed by atoms with E-state index in [1.165, 1.54) is 0 Å². The number of amides is 2. The lowest BCUT2D eigenvalue weighted by molar-refractivity contribution is -0.154. The number of rotatable bonds is 9. The summed E-state index contributed by atoms with van der Waals surface area (Å²) in [7, 11) is 0. The van der Waals surface area contributed by atoms with Crippen molar-refractivity contribution in [2.45, 2.75) is 38.1 Å². The first-order chi connectivity index (χ1) is 16.4. The molecule has 2 saturated heterocycles. The van der Waals surface area contributed by atoms with E-state index in [0.29, 0.717) is 43.7 Å². The van der Waals surface area contributed by atoms with E-state index in [2.05, 4.69) is 25.7 Å². The Bertz CT molecular complexity index is 876. The summed E-state index contributed by atoms with van der Waals surface area (Å²) in [5.41, 5.74) is 4.99. The smallest absolute Gasteiger partial charge is 0.243 e. The number of nitrogens with one attached hydrogen (secondary N) is 2. The van der Waals surface area contributed by atoms with Crippen molar-refractivity contribution < 1.29 is 23.9 Å². The van der Waals surface area contributed by atoms with Crippen LogP contribution in [0.5, 0.6) is 0 Å². The van der Waals surface area contributed by atoms with Gasteiger partial charge in [0.2, 0.25) is 23.4 Å². The number of piperazine rings is 1. The second-order valence-electron chi connectivity index (χ2n) is 9.11. The van der Waals surface area contributed by atoms with Crippen molar-refractivity contribution in [1.82, 2.24) is 25.4 Å². The Kier molecular flexibility index (Phi) is 8.35. The normalized spacial score (nSPS) is 22.2. The number of halogens is 2. The van der Waals surface area contributed by atoms with Crippen LogP contribution in [-0.2, 0) is 14.3 Å². The van der Waals surface area contributed by atoms with Crippen molar-refractivity contribution in [3.05, 3.63) is 11.1 Å². The molecular weight excluding hydrogens is 469 g/mol. The molecule has 1 aromatic heterocycles. The van der Waals surface area contributed by atoms with Crippen LogP contribution in [-0.4, -0.2) is 89.4 Å². The molecule has 0 spiro atoms. The minimum absolute atomic E-state index is 0.0620. The van der Waals surface area contributed by atoms with Gasteiger partial charge in [-0.2, -0.15) is 14.4 Å². The molecule has 1 saturated carbocycles. The maximum absolute atomic E-state index is 15.3. The lowest BCUT2D eigenvalue weighted by Crippen LogP contribution is -2.58. The van der Waals surface area contributed by atoms with Gasteiger partial charge in [-0.3, -0.25) is 30.5 Å². The summed E-state index contributed by atoms with van der Waals surface area (Å²) in [6.07, 6.45) is 4.98. The molecule has 3 heterocycles. The molecule has 13 heteroatoms. The molecule has 0 unspecified atom stereocenters. The average Bonchev–Trinajstić information content (AvgIpc) is 3.36. The van der Waals surface area contributed by atoms with Gasteiger partial charge >= 0.3 is 0 Å². The highest BCUT2D eigenvalue weighted by Gasteiger charge is 2.32. The minimum atomic E-state index is -0.723. The van der Waals surface area contributed by atoms with E-state index in [4.69, 9.17) is 16.3 Å². The number of anilines is 2. The van der Waals surface area contributed by atoms with Crippen molar-refractivity contribution in [2.75, 3.05) is 56.3 Å². The van der Waals surface area contributed by atoms with E-state index in [0.717, 1.165) is 38.8 Å². The number of aromatic nitrogens is 2. The third-order valence-corrected chi connectivity index (χ3v) is 7.01. The van der Waals surface area contributed by atoms with Crippen molar-refractivity contribution >= 4 is 35.6 Å². The molecule has 3 aliphatic rings. The van der Waals surface area contributed by atoms with Crippen molar-refractivity contribution in [2.24, 2.45) is 11.8 Å². The van der Waals surface area contributed by atoms with Gasteiger partial charge in [0.05, 0.1) is 31.7 Å². The molecule has 0 bridgehead atoms. The quantitative estimate of drug-likeness (QED) is 0.199. The first-order valence-electron chi connectivity index (χ1n) is 11.7. The summed E-state index contributed by atoms with van der Waals surface area (Å²) >= 11 is 6.08. The van der Waals surface area contributed by atoms with E-state index in [9.17, 15) is 14.8 Å². The molecule has 4 rings (SSSR count). The summed E-state index contributed by atoms with van der Waals surface area (Å²) < 4.78 is 20.9. The number of nitrogens with zero attached hydrogens (tertiary/aromatic N) is 5. The Labute approximate surface area is 202 Å². The third kappa shape index (κ3) is 6.04. The average molecular weight is 500 g/mol. The van der Waals surface area contributed by atoms with Crippen LogP contribution in [0, 0.1) is 17.7 Å². The van der Waals surface area contributed by atoms with E-state index in [1.807, 2.05) is 4.90 Å². The van der Waals surface area contributed by atoms with Gasteiger partial charge in [-0.05, 0) is 23.9 Å². The van der Waals surface area contributed by atoms with E-state index in [1.54, 1.807) is 0 Å². The number of hydrazine groups is 1. The topological polar surface area (TPSA) is 123 Å². The zero-order valence-corrected chi connectivity index (χ0v) is 19.7. The van der Waals surface area contributed by atoms with Crippen molar-refractivity contribution in [1.29, 1.82) is 0 Å². The van der Waals surface area contributed by atoms with Gasteiger partial charge in [0.25, 0.3) is 0 Å². The van der Waals surface area contributed by atoms with E-state index >= 15 is 4.39 Å². The first-order valence-corrected chi connectivity index (χ1v) is 12.1. The summed E-state index contributed by atoms with van der Waals surface area (Å²) in [6, 6.07) is 0.141. The van der Waals surface area contributed by atoms with Gasteiger partial charge in [-0.15, -0.1) is 0 Å². The van der Waals surface area contributed by atoms with Crippen LogP contribution < -0.4 is 15.8 Å². The Morgan fingerprint density at radius 1 is 1.32 bits per heavy atom. The van der Waals surface area contributed by atoms with E-state index < -0.39 is 17.6 Å². The minimum Gasteiger partial charge on any atom is -0.378 e. The zero-order valence-electron chi connectivity index (χ0n) is 19.0. The molecule has 2 atom stereocenters. The highest BCUT2D eigenvalue weighted by atomic mass is 35.5. The number of fused-ring (bicyclic) bond motifs is 1. The van der Waals surface area contributed by atoms with Gasteiger partial charge in [-0.1, -0.05) is 25.7 Å². The predicted octanol–water partition coefficient (Wildman–Crippen LogP) is 1.28. The highest BCUT2D eigenvalue weighted by molar-refractivity contribution is 6.28. The predicted molar refractivity (Wildman–Crippen MR) is 122 cm³/mol. The molecule has 3 N–H and O–H groups in total. The van der Waals surface area contributed by atoms with Gasteiger partial charge in [0.1, 0.15) is 0 Å². The monoisotopic (exact) mass is 499 g/mol. The van der Waals surface area contributed by atoms with Crippen LogP contribution in [0.25, 0.3) is 0 Å². The maximum Gasteiger partial charge on any atom is 0.243 e. The van der Waals surface area contributed by atoms with Crippen LogP contribution in [0.4, 0.5) is 16.0 Å². The van der Waals surface area contributed by atoms with Gasteiger partial charge in [0, 0.05) is 26.2 Å². The first kappa shape index (κ1) is 24.8. The molecular formula is C21H31ClFN7O4. The molecule has 11 nitrogen and oxygen atoms in total. The second kappa shape index (κ2) is 11.4. The molecule has 2 amide bonds. The van der Waals surface area contributed by atoms with Crippen LogP contribution >= 0.6 is 11.6 Å². The fourth-order valence-electron chi connectivity index (χ4n) is 5.04. The van der Waals surface area contributed by atoms with Crippen LogP contribution in [0.15, 0.2) is 0 Å². The zero-order chi connectivity index (χ0) is 24.1. The number of hydroxylamine groups is 2. The molecule has 3 fully saturated rings. The van der Waals surface area contributed by atoms with Gasteiger partial charge < -0.3 is 9.64 Å². The maximum atomic E-state index is 15.3. The summed E-state index contributed by atoms with van der Waals surface area (Å²) in [6.45, 7) is 3.84. The third-order valence-electron chi connectivity index (χ3n) is 6.84. The SMILES string of the molecule is O=CN(O)C[C@H](CC1CCCC1)C(=O)NNc1nc(Cl)nc(N2CCN3CCOC[C@@H]3C2)c1F. The van der Waals surface area contributed by atoms with Crippen molar-refractivity contribution in [3.63, 3.8) is 0 Å². The second-order valence-corrected chi connectivity index (χ2v) is 9.45. The number of morpholine rings is 1. The molecule has 1 aromatic rings. The van der Waals surface area contributed by atoms with Crippen molar-refractivity contribution in [3.8, 4) is 0 Å². The fourth-order valence-corrected chi connectivity index (χ4v) is 5.21. The Morgan fingerprint density at radius 2 is 2.12 bits per heavy atom. The van der Waals surface area contributed by atoms with E-state index in [-0.39, 0.29) is 35.9 Å².